The van der Waals surface area contributed by atoms with Crippen LogP contribution < -0.4 is 58.9 Å². The van der Waals surface area contributed by atoms with Crippen molar-refractivity contribution >= 4 is 80.8 Å². The smallest absolute Gasteiger partial charge is 0.343 e. The summed E-state index contributed by atoms with van der Waals surface area (Å²) in [5, 5.41) is 1.68. The zero-order valence-corrected chi connectivity index (χ0v) is 64.5. The van der Waals surface area contributed by atoms with Gasteiger partial charge in [0.1, 0.15) is 57.2 Å². The van der Waals surface area contributed by atoms with Gasteiger partial charge in [0.05, 0.1) is 60.8 Å². The van der Waals surface area contributed by atoms with E-state index in [0.29, 0.717) is 119 Å². The van der Waals surface area contributed by atoms with Crippen molar-refractivity contribution in [1.29, 1.82) is 0 Å². The SMILES string of the molecule is C=C(C)C(=O)Oc1ccc(C(C)CC2C(=O)N(c3ccc(OC(=O)C(=C)C)cc3)C(=O)C2C)cc1.CC(CC1C(=O)N(c2ccc(OC(=O)c3ccc(OCCCCCCOc4ccc5ccc(=O)oc5c4)cc3)cc2)C(=O)C1C)c1ccc(OC(=O)c2ccc(OCCCCCCOc3ccc4ccc(=O)oc4c3)cc2)cc1. The van der Waals surface area contributed by atoms with Gasteiger partial charge < -0.3 is 46.7 Å². The summed E-state index contributed by atoms with van der Waals surface area (Å²) in [5.74, 6) is -1.41. The molecule has 588 valence electrons. The Hall–Kier alpha value is -13.0. The van der Waals surface area contributed by atoms with Gasteiger partial charge in [-0.15, -0.1) is 0 Å². The molecule has 114 heavy (non-hydrogen) atoms. The van der Waals surface area contributed by atoms with Crippen LogP contribution >= 0.6 is 0 Å². The molecule has 4 heterocycles. The molecule has 10 aromatic rings. The highest BCUT2D eigenvalue weighted by atomic mass is 16.6. The molecule has 22 nitrogen and oxygen atoms in total. The molecule has 2 saturated heterocycles. The van der Waals surface area contributed by atoms with Crippen molar-refractivity contribution in [2.75, 3.05) is 36.2 Å². The third-order valence-corrected chi connectivity index (χ3v) is 19.9. The Morgan fingerprint density at radius 3 is 0.982 bits per heavy atom. The molecule has 0 radical (unpaired) electrons. The molecule has 2 aromatic heterocycles. The van der Waals surface area contributed by atoms with Gasteiger partial charge in [0, 0.05) is 58.0 Å². The summed E-state index contributed by atoms with van der Waals surface area (Å²) >= 11 is 0. The predicted molar refractivity (Wildman–Crippen MR) is 430 cm³/mol. The summed E-state index contributed by atoms with van der Waals surface area (Å²) in [7, 11) is 0. The van der Waals surface area contributed by atoms with Gasteiger partial charge in [-0.1, -0.05) is 65.1 Å². The monoisotopic (exact) mass is 1540 g/mol. The van der Waals surface area contributed by atoms with Gasteiger partial charge in [-0.25, -0.2) is 28.8 Å². The van der Waals surface area contributed by atoms with Crippen LogP contribution in [0.3, 0.4) is 0 Å². The molecule has 6 unspecified atom stereocenters. The number of hydrogen-bond acceptors (Lipinski definition) is 20. The fraction of sp³-hybridized carbons (Fsp3) is 0.283. The number of ether oxygens (including phenoxy) is 8. The normalized spacial score (nSPS) is 15.7. The van der Waals surface area contributed by atoms with Crippen LogP contribution in [0.2, 0.25) is 0 Å². The van der Waals surface area contributed by atoms with Crippen LogP contribution in [-0.4, -0.2) is 73.9 Å². The number of fused-ring (bicyclic) bond motifs is 2. The number of hydrogen-bond donors (Lipinski definition) is 0. The van der Waals surface area contributed by atoms with Crippen molar-refractivity contribution in [3.63, 3.8) is 0 Å². The molecule has 8 aromatic carbocycles. The summed E-state index contributed by atoms with van der Waals surface area (Å²) in [6, 6.07) is 57.5. The number of rotatable bonds is 34. The highest BCUT2D eigenvalue weighted by Gasteiger charge is 2.47. The molecular formula is C92H90N2O20. The van der Waals surface area contributed by atoms with Gasteiger partial charge >= 0.3 is 35.1 Å². The number of esters is 4. The summed E-state index contributed by atoms with van der Waals surface area (Å²) < 4.78 is 55.5. The Balaban J connectivity index is 0.000000305. The molecule has 0 N–H and O–H groups in total. The topological polar surface area (TPSA) is 277 Å². The third-order valence-electron chi connectivity index (χ3n) is 19.9. The number of benzene rings is 8. The standard InChI is InChI=1S/C64H61NO14.C28H29NO6/c1-42(44-11-27-52(28-12-44)76-63(70)47-15-23-50(24-16-47)72-35-7-3-5-9-37-74-54-29-13-45-19-33-59(66)78-57(45)40-54)39-56-43(2)61(68)65(62(56)69)49-21-31-53(32-22-49)77-64(71)48-17-25-51(26-18-48)73-36-8-4-6-10-38-75-55-30-14-46-20-34-60(67)79-58(46)41-55;1-16(2)27(32)34-22-11-7-20(8-12-22)18(5)15-24-19(6)25(30)29(26(24)31)21-9-13-23(14-10-21)35-28(33)17(3)4/h11-34,40-43,56H,3-10,35-39H2,1-2H3;7-14,18-19,24H,1,3,15H2,2,4-6H3. The van der Waals surface area contributed by atoms with Crippen molar-refractivity contribution < 1.29 is 85.1 Å². The van der Waals surface area contributed by atoms with Crippen LogP contribution in [0.25, 0.3) is 21.9 Å². The van der Waals surface area contributed by atoms with E-state index in [-0.39, 0.29) is 46.8 Å². The number of carbonyl (C=O) groups excluding carboxylic acids is 8. The van der Waals surface area contributed by atoms with E-state index < -0.39 is 58.8 Å². The van der Waals surface area contributed by atoms with Gasteiger partial charge in [-0.3, -0.25) is 29.0 Å². The van der Waals surface area contributed by atoms with Crippen LogP contribution in [0.4, 0.5) is 11.4 Å². The van der Waals surface area contributed by atoms with Gasteiger partial charge in [0.15, 0.2) is 0 Å². The molecule has 6 atom stereocenters. The van der Waals surface area contributed by atoms with Gasteiger partial charge in [-0.05, 0) is 259 Å². The molecule has 2 aliphatic heterocycles. The van der Waals surface area contributed by atoms with E-state index in [9.17, 15) is 47.9 Å². The molecule has 2 fully saturated rings. The van der Waals surface area contributed by atoms with E-state index in [1.54, 1.807) is 173 Å². The first-order valence-corrected chi connectivity index (χ1v) is 38.1. The van der Waals surface area contributed by atoms with Crippen LogP contribution in [0.1, 0.15) is 149 Å². The van der Waals surface area contributed by atoms with Crippen LogP contribution in [0, 0.1) is 23.7 Å². The van der Waals surface area contributed by atoms with E-state index in [1.165, 1.54) is 21.9 Å². The molecule has 0 bridgehead atoms. The fourth-order valence-corrected chi connectivity index (χ4v) is 13.2. The minimum atomic E-state index is -0.564. The predicted octanol–water partition coefficient (Wildman–Crippen LogP) is 17.7. The second-order valence-corrected chi connectivity index (χ2v) is 28.5. The molecule has 12 rings (SSSR count). The number of anilines is 2. The fourth-order valence-electron chi connectivity index (χ4n) is 13.2. The van der Waals surface area contributed by atoms with Crippen molar-refractivity contribution in [2.24, 2.45) is 23.7 Å². The lowest BCUT2D eigenvalue weighted by Crippen LogP contribution is -2.31. The number of imide groups is 2. The maximum absolute atomic E-state index is 13.8. The molecular weight excluding hydrogens is 1450 g/mol. The molecule has 0 spiro atoms. The zero-order valence-electron chi connectivity index (χ0n) is 64.5. The lowest BCUT2D eigenvalue weighted by Gasteiger charge is -2.19. The summed E-state index contributed by atoms with van der Waals surface area (Å²) in [6.45, 7) is 19.9. The van der Waals surface area contributed by atoms with Crippen LogP contribution in [0.5, 0.6) is 46.0 Å². The van der Waals surface area contributed by atoms with Crippen molar-refractivity contribution in [2.45, 2.75) is 118 Å². The first-order valence-electron chi connectivity index (χ1n) is 38.1. The number of nitrogens with zero attached hydrogens (tertiary/aromatic N) is 2. The Labute approximate surface area is 659 Å². The largest absolute Gasteiger partial charge is 0.494 e. The van der Waals surface area contributed by atoms with E-state index in [2.05, 4.69) is 13.2 Å². The van der Waals surface area contributed by atoms with Gasteiger partial charge in [0.2, 0.25) is 23.6 Å². The Bertz CT molecular complexity index is 5240. The van der Waals surface area contributed by atoms with Crippen molar-refractivity contribution in [3.05, 3.63) is 274 Å². The summed E-state index contributed by atoms with van der Waals surface area (Å²) in [5.41, 5.74) is 4.22. The highest BCUT2D eigenvalue weighted by Crippen LogP contribution is 2.40. The molecule has 0 saturated carbocycles. The quantitative estimate of drug-likeness (QED) is 0.00904. The lowest BCUT2D eigenvalue weighted by molar-refractivity contribution is -0.130. The summed E-state index contributed by atoms with van der Waals surface area (Å²) in [6.07, 6.45) is 8.21. The van der Waals surface area contributed by atoms with Gasteiger partial charge in [-0.2, -0.15) is 0 Å². The van der Waals surface area contributed by atoms with E-state index in [4.69, 9.17) is 46.7 Å². The molecule has 0 aliphatic carbocycles. The average molecular weight is 1540 g/mol. The lowest BCUT2D eigenvalue weighted by atomic mass is 9.85. The third kappa shape index (κ3) is 21.8. The Kier molecular flexibility index (Phi) is 27.9. The Morgan fingerprint density at radius 2 is 0.649 bits per heavy atom. The second kappa shape index (κ2) is 38.8. The number of carbonyl (C=O) groups is 8. The minimum Gasteiger partial charge on any atom is -0.494 e. The molecule has 2 aliphatic rings. The maximum Gasteiger partial charge on any atom is 0.343 e. The zero-order chi connectivity index (χ0) is 81.0. The highest BCUT2D eigenvalue weighted by molar-refractivity contribution is 6.22. The van der Waals surface area contributed by atoms with E-state index in [0.717, 1.165) is 73.3 Å². The van der Waals surface area contributed by atoms with Crippen LogP contribution in [0.15, 0.2) is 249 Å². The minimum absolute atomic E-state index is 0.00558. The first kappa shape index (κ1) is 82.0. The van der Waals surface area contributed by atoms with Crippen LogP contribution in [-0.2, 0) is 28.8 Å². The number of amides is 4. The maximum atomic E-state index is 13.8. The van der Waals surface area contributed by atoms with Gasteiger partial charge in [0.25, 0.3) is 0 Å². The molecule has 22 heteroatoms. The van der Waals surface area contributed by atoms with Crippen molar-refractivity contribution in [1.82, 2.24) is 0 Å². The Morgan fingerprint density at radius 1 is 0.360 bits per heavy atom. The average Bonchev–Trinajstić information content (AvgIpc) is 1.64. The first-order chi connectivity index (χ1) is 54.9. The summed E-state index contributed by atoms with van der Waals surface area (Å²) in [4.78, 5) is 128. The second-order valence-electron chi connectivity index (χ2n) is 28.5. The van der Waals surface area contributed by atoms with E-state index in [1.807, 2.05) is 62.4 Å². The number of unbranched alkanes of at least 4 members (excludes halogenated alkanes) is 6. The van der Waals surface area contributed by atoms with E-state index >= 15 is 0 Å². The van der Waals surface area contributed by atoms with Crippen molar-refractivity contribution in [3.8, 4) is 46.0 Å². The molecule has 4 amide bonds.